The summed E-state index contributed by atoms with van der Waals surface area (Å²) < 4.78 is 11.9. The fraction of sp³-hybridized carbons (Fsp3) is 0.500. The summed E-state index contributed by atoms with van der Waals surface area (Å²) in [5.41, 5.74) is 1.19. The summed E-state index contributed by atoms with van der Waals surface area (Å²) in [5.74, 6) is -0.173. The van der Waals surface area contributed by atoms with Crippen LogP contribution >= 0.6 is 0 Å². The Morgan fingerprint density at radius 1 is 1.17 bits per heavy atom. The summed E-state index contributed by atoms with van der Waals surface area (Å²) in [6.45, 7) is 4.73. The number of rotatable bonds is 4. The Kier molecular flexibility index (Phi) is 7.83. The van der Waals surface area contributed by atoms with Gasteiger partial charge in [0.1, 0.15) is 18.1 Å². The molecule has 1 aliphatic heterocycles. The standard InChI is InChI=1S/C26H33N5O5/c1-16-13-31(26(34)21-12-27-9-10-28-21)17(2)15-36-22-11-19(29-24(32)18-5-6-18)7-8-20(22)25(33)30(3)14-23(16)35-4/h7-12,16-18,23H,5-6,13-15H2,1-4H3,(H,29,32)/t16-,17+,23-/m0/s1. The quantitative estimate of drug-likeness (QED) is 0.693. The van der Waals surface area contributed by atoms with Crippen molar-refractivity contribution in [3.8, 4) is 5.75 Å². The molecule has 3 atom stereocenters. The minimum Gasteiger partial charge on any atom is -0.491 e. The zero-order valence-electron chi connectivity index (χ0n) is 21.1. The highest BCUT2D eigenvalue weighted by atomic mass is 16.5. The van der Waals surface area contributed by atoms with Gasteiger partial charge < -0.3 is 24.6 Å². The number of carbonyl (C=O) groups excluding carboxylic acids is 3. The first-order valence-corrected chi connectivity index (χ1v) is 12.2. The highest BCUT2D eigenvalue weighted by molar-refractivity contribution is 5.99. The van der Waals surface area contributed by atoms with Gasteiger partial charge in [-0.05, 0) is 31.9 Å². The Hall–Kier alpha value is -3.53. The lowest BCUT2D eigenvalue weighted by Gasteiger charge is -2.35. The predicted molar refractivity (Wildman–Crippen MR) is 133 cm³/mol. The second kappa shape index (κ2) is 11.0. The molecule has 10 nitrogen and oxygen atoms in total. The maximum absolute atomic E-state index is 13.4. The molecule has 1 aromatic carbocycles. The van der Waals surface area contributed by atoms with Crippen LogP contribution in [0.3, 0.4) is 0 Å². The first-order valence-electron chi connectivity index (χ1n) is 12.2. The van der Waals surface area contributed by atoms with Crippen LogP contribution in [0.15, 0.2) is 36.8 Å². The van der Waals surface area contributed by atoms with Gasteiger partial charge in [-0.15, -0.1) is 0 Å². The molecule has 0 radical (unpaired) electrons. The minimum absolute atomic E-state index is 0.0300. The molecule has 0 spiro atoms. The van der Waals surface area contributed by atoms with E-state index < -0.39 is 0 Å². The third kappa shape index (κ3) is 5.81. The number of anilines is 1. The van der Waals surface area contributed by atoms with Crippen molar-refractivity contribution >= 4 is 23.4 Å². The van der Waals surface area contributed by atoms with Gasteiger partial charge in [0.15, 0.2) is 0 Å². The topological polar surface area (TPSA) is 114 Å². The molecular weight excluding hydrogens is 462 g/mol. The maximum Gasteiger partial charge on any atom is 0.274 e. The van der Waals surface area contributed by atoms with E-state index in [0.29, 0.717) is 30.1 Å². The van der Waals surface area contributed by atoms with Gasteiger partial charge in [0.2, 0.25) is 5.91 Å². The Morgan fingerprint density at radius 2 is 1.94 bits per heavy atom. The Morgan fingerprint density at radius 3 is 2.61 bits per heavy atom. The zero-order chi connectivity index (χ0) is 25.8. The molecule has 1 fully saturated rings. The van der Waals surface area contributed by atoms with E-state index in [-0.39, 0.29) is 54.0 Å². The van der Waals surface area contributed by atoms with Crippen molar-refractivity contribution < 1.29 is 23.9 Å². The smallest absolute Gasteiger partial charge is 0.274 e. The first-order chi connectivity index (χ1) is 17.3. The molecule has 192 valence electrons. The van der Waals surface area contributed by atoms with Crippen molar-refractivity contribution in [2.24, 2.45) is 11.8 Å². The second-order valence-corrected chi connectivity index (χ2v) is 9.62. The maximum atomic E-state index is 13.4. The van der Waals surface area contributed by atoms with Gasteiger partial charge in [-0.25, -0.2) is 4.98 Å². The van der Waals surface area contributed by atoms with E-state index in [9.17, 15) is 14.4 Å². The molecule has 1 saturated carbocycles. The van der Waals surface area contributed by atoms with Crippen molar-refractivity contribution in [1.82, 2.24) is 19.8 Å². The fourth-order valence-electron chi connectivity index (χ4n) is 4.28. The highest BCUT2D eigenvalue weighted by Crippen LogP contribution is 2.32. The largest absolute Gasteiger partial charge is 0.491 e. The van der Waals surface area contributed by atoms with Crippen LogP contribution in [-0.4, -0.2) is 83.5 Å². The number of methoxy groups -OCH3 is 1. The molecule has 0 saturated heterocycles. The molecule has 4 rings (SSSR count). The van der Waals surface area contributed by atoms with Gasteiger partial charge in [0, 0.05) is 63.2 Å². The normalized spacial score (nSPS) is 23.1. The lowest BCUT2D eigenvalue weighted by atomic mass is 10.0. The molecule has 0 unspecified atom stereocenters. The Labute approximate surface area is 211 Å². The highest BCUT2D eigenvalue weighted by Gasteiger charge is 2.32. The number of nitrogens with zero attached hydrogens (tertiary/aromatic N) is 4. The molecule has 10 heteroatoms. The van der Waals surface area contributed by atoms with E-state index in [4.69, 9.17) is 9.47 Å². The van der Waals surface area contributed by atoms with E-state index in [1.54, 1.807) is 42.2 Å². The number of fused-ring (bicyclic) bond motifs is 1. The fourth-order valence-corrected chi connectivity index (χ4v) is 4.28. The number of carbonyl (C=O) groups is 3. The monoisotopic (exact) mass is 495 g/mol. The lowest BCUT2D eigenvalue weighted by Crippen LogP contribution is -2.48. The van der Waals surface area contributed by atoms with Crippen LogP contribution < -0.4 is 10.1 Å². The zero-order valence-corrected chi connectivity index (χ0v) is 21.1. The van der Waals surface area contributed by atoms with Crippen molar-refractivity contribution in [2.75, 3.05) is 39.2 Å². The number of hydrogen-bond acceptors (Lipinski definition) is 7. The third-order valence-corrected chi connectivity index (χ3v) is 6.71. The van der Waals surface area contributed by atoms with Gasteiger partial charge in [0.05, 0.1) is 23.9 Å². The van der Waals surface area contributed by atoms with Crippen molar-refractivity contribution in [1.29, 1.82) is 0 Å². The summed E-state index contributed by atoms with van der Waals surface area (Å²) in [6.07, 6.45) is 5.93. The van der Waals surface area contributed by atoms with E-state index in [1.165, 1.54) is 18.6 Å². The Balaban J connectivity index is 1.66. The summed E-state index contributed by atoms with van der Waals surface area (Å²) >= 11 is 0. The van der Waals surface area contributed by atoms with Crippen molar-refractivity contribution in [3.05, 3.63) is 48.0 Å². The van der Waals surface area contributed by atoms with Crippen molar-refractivity contribution in [2.45, 2.75) is 38.8 Å². The summed E-state index contributed by atoms with van der Waals surface area (Å²) in [5, 5.41) is 2.90. The molecule has 2 heterocycles. The summed E-state index contributed by atoms with van der Waals surface area (Å²) in [7, 11) is 3.32. The van der Waals surface area contributed by atoms with Gasteiger partial charge in [-0.1, -0.05) is 6.92 Å². The van der Waals surface area contributed by atoms with Crippen molar-refractivity contribution in [3.63, 3.8) is 0 Å². The molecule has 2 aliphatic rings. The van der Waals surface area contributed by atoms with Crippen LogP contribution in [0.2, 0.25) is 0 Å². The molecule has 0 bridgehead atoms. The molecule has 1 aliphatic carbocycles. The van der Waals surface area contributed by atoms with Crippen LogP contribution in [-0.2, 0) is 9.53 Å². The average Bonchev–Trinajstić information content (AvgIpc) is 3.74. The second-order valence-electron chi connectivity index (χ2n) is 9.62. The molecule has 36 heavy (non-hydrogen) atoms. The van der Waals surface area contributed by atoms with Gasteiger partial charge in [0.25, 0.3) is 11.8 Å². The Bertz CT molecular complexity index is 1110. The molecule has 3 amide bonds. The van der Waals surface area contributed by atoms with Crippen LogP contribution in [0.5, 0.6) is 5.75 Å². The van der Waals surface area contributed by atoms with Crippen LogP contribution in [0.4, 0.5) is 5.69 Å². The molecule has 1 aromatic heterocycles. The van der Waals surface area contributed by atoms with E-state index in [2.05, 4.69) is 15.3 Å². The number of amides is 3. The number of hydrogen-bond donors (Lipinski definition) is 1. The number of ether oxygens (including phenoxy) is 2. The summed E-state index contributed by atoms with van der Waals surface area (Å²) in [4.78, 5) is 50.5. The van der Waals surface area contributed by atoms with E-state index in [0.717, 1.165) is 12.8 Å². The number of likely N-dealkylation sites (N-methyl/N-ethyl adjacent to an activating group) is 1. The number of benzene rings is 1. The van der Waals surface area contributed by atoms with Gasteiger partial charge in [-0.2, -0.15) is 0 Å². The molecule has 2 aromatic rings. The SMILES string of the molecule is CO[C@H]1CN(C)C(=O)c2ccc(NC(=O)C3CC3)cc2OC[C@@H](C)N(C(=O)c2cnccn2)C[C@@H]1C. The molecular formula is C26H33N5O5. The summed E-state index contributed by atoms with van der Waals surface area (Å²) in [6, 6.07) is 4.71. The number of aromatic nitrogens is 2. The minimum atomic E-state index is -0.343. The first kappa shape index (κ1) is 25.6. The van der Waals surface area contributed by atoms with Crippen LogP contribution in [0.1, 0.15) is 47.5 Å². The lowest BCUT2D eigenvalue weighted by molar-refractivity contribution is -0.117. The van der Waals surface area contributed by atoms with Crippen LogP contribution in [0, 0.1) is 11.8 Å². The third-order valence-electron chi connectivity index (χ3n) is 6.71. The predicted octanol–water partition coefficient (Wildman–Crippen LogP) is 2.47. The average molecular weight is 496 g/mol. The van der Waals surface area contributed by atoms with E-state index in [1.807, 2.05) is 13.8 Å². The van der Waals surface area contributed by atoms with Gasteiger partial charge >= 0.3 is 0 Å². The van der Waals surface area contributed by atoms with Gasteiger partial charge in [-0.3, -0.25) is 19.4 Å². The molecule has 1 N–H and O–H groups in total. The van der Waals surface area contributed by atoms with E-state index >= 15 is 0 Å². The van der Waals surface area contributed by atoms with Crippen LogP contribution in [0.25, 0.3) is 0 Å². The number of nitrogens with one attached hydrogen (secondary N) is 1.